The summed E-state index contributed by atoms with van der Waals surface area (Å²) in [5.41, 5.74) is 7.34. The Morgan fingerprint density at radius 2 is 1.89 bits per heavy atom. The van der Waals surface area contributed by atoms with Crippen molar-refractivity contribution in [2.24, 2.45) is 0 Å². The highest BCUT2D eigenvalue weighted by Gasteiger charge is 2.40. The Labute approximate surface area is 166 Å². The van der Waals surface area contributed by atoms with Crippen LogP contribution in [0.25, 0.3) is 11.4 Å². The molecule has 4 rings (SSSR count). The van der Waals surface area contributed by atoms with Crippen molar-refractivity contribution < 1.29 is 4.79 Å². The molecule has 3 N–H and O–H groups in total. The lowest BCUT2D eigenvalue weighted by atomic mass is 9.92. The summed E-state index contributed by atoms with van der Waals surface area (Å²) < 4.78 is 0. The molecule has 2 fully saturated rings. The Morgan fingerprint density at radius 3 is 2.64 bits per heavy atom. The molecule has 1 aliphatic heterocycles. The molecule has 0 bridgehead atoms. The van der Waals surface area contributed by atoms with E-state index in [-0.39, 0.29) is 11.4 Å². The second kappa shape index (κ2) is 8.27. The average Bonchev–Trinajstić information content (AvgIpc) is 3.23. The quantitative estimate of drug-likeness (QED) is 0.833. The molecule has 1 aromatic carbocycles. The lowest BCUT2D eigenvalue weighted by Gasteiger charge is -2.43. The number of piperidine rings is 1. The molecule has 2 heterocycles. The van der Waals surface area contributed by atoms with Crippen LogP contribution in [-0.4, -0.2) is 45.9 Å². The molecule has 6 heteroatoms. The molecule has 0 radical (unpaired) electrons. The number of carbonyl (C=O) groups excluding carboxylic acids is 1. The van der Waals surface area contributed by atoms with Gasteiger partial charge in [0.05, 0.1) is 0 Å². The molecule has 1 amide bonds. The van der Waals surface area contributed by atoms with Crippen molar-refractivity contribution in [1.82, 2.24) is 20.2 Å². The molecule has 0 atom stereocenters. The van der Waals surface area contributed by atoms with Crippen LogP contribution < -0.4 is 11.1 Å². The van der Waals surface area contributed by atoms with Crippen LogP contribution in [0, 0.1) is 0 Å². The number of nitrogens with two attached hydrogens (primary N) is 1. The molecule has 1 saturated carbocycles. The number of aromatic nitrogens is 2. The second-order valence-electron chi connectivity index (χ2n) is 8.05. The molecular weight excluding hydrogens is 350 g/mol. The van der Waals surface area contributed by atoms with Gasteiger partial charge in [0.2, 0.25) is 0 Å². The number of hydrogen-bond donors (Lipinski definition) is 2. The summed E-state index contributed by atoms with van der Waals surface area (Å²) in [5.74, 6) is 0.925. The normalized spacial score (nSPS) is 19.4. The molecule has 0 spiro atoms. The van der Waals surface area contributed by atoms with Crippen molar-refractivity contribution in [2.45, 2.75) is 50.5 Å². The Balaban J connectivity index is 1.46. The van der Waals surface area contributed by atoms with Crippen molar-refractivity contribution in [3.63, 3.8) is 0 Å². The zero-order chi connectivity index (χ0) is 19.4. The predicted molar refractivity (Wildman–Crippen MR) is 111 cm³/mol. The minimum absolute atomic E-state index is 0.0333. The number of hydrogen-bond acceptors (Lipinski definition) is 5. The van der Waals surface area contributed by atoms with E-state index >= 15 is 0 Å². The maximum atomic E-state index is 12.9. The number of amides is 1. The average molecular weight is 380 g/mol. The fourth-order valence-corrected chi connectivity index (χ4v) is 4.66. The van der Waals surface area contributed by atoms with Gasteiger partial charge in [0.1, 0.15) is 5.82 Å². The van der Waals surface area contributed by atoms with Gasteiger partial charge in [-0.25, -0.2) is 9.97 Å². The van der Waals surface area contributed by atoms with Crippen molar-refractivity contribution in [2.75, 3.05) is 25.4 Å². The van der Waals surface area contributed by atoms with E-state index in [2.05, 4.69) is 20.2 Å². The highest BCUT2D eigenvalue weighted by atomic mass is 16.1. The van der Waals surface area contributed by atoms with Gasteiger partial charge in [0.15, 0.2) is 5.82 Å². The van der Waals surface area contributed by atoms with Crippen LogP contribution in [0.3, 0.4) is 0 Å². The highest BCUT2D eigenvalue weighted by molar-refractivity contribution is 5.95. The van der Waals surface area contributed by atoms with Gasteiger partial charge in [-0.2, -0.15) is 0 Å². The molecule has 1 aromatic heterocycles. The number of likely N-dealkylation sites (tertiary alicyclic amines) is 1. The summed E-state index contributed by atoms with van der Waals surface area (Å²) >= 11 is 0. The minimum atomic E-state index is -0.0333. The van der Waals surface area contributed by atoms with Crippen molar-refractivity contribution in [1.29, 1.82) is 0 Å². The zero-order valence-corrected chi connectivity index (χ0v) is 16.4. The number of rotatable bonds is 5. The van der Waals surface area contributed by atoms with Gasteiger partial charge in [-0.3, -0.25) is 9.69 Å². The first-order chi connectivity index (χ1) is 13.7. The van der Waals surface area contributed by atoms with Crippen LogP contribution in [0.15, 0.2) is 36.5 Å². The predicted octanol–water partition coefficient (Wildman–Crippen LogP) is 3.25. The largest absolute Gasteiger partial charge is 0.384 e. The third kappa shape index (κ3) is 4.02. The number of anilines is 1. The molecule has 148 valence electrons. The van der Waals surface area contributed by atoms with Crippen molar-refractivity contribution in [3.8, 4) is 11.4 Å². The summed E-state index contributed by atoms with van der Waals surface area (Å²) in [7, 11) is 0. The lowest BCUT2D eigenvalue weighted by molar-refractivity contribution is 0.0642. The van der Waals surface area contributed by atoms with Gasteiger partial charge in [-0.1, -0.05) is 31.4 Å². The summed E-state index contributed by atoms with van der Waals surface area (Å²) in [5, 5.41) is 3.22. The summed E-state index contributed by atoms with van der Waals surface area (Å²) in [6, 6.07) is 9.10. The summed E-state index contributed by atoms with van der Waals surface area (Å²) in [4.78, 5) is 24.0. The molecule has 1 aliphatic carbocycles. The second-order valence-corrected chi connectivity index (χ2v) is 8.05. The monoisotopic (exact) mass is 379 g/mol. The number of nitrogen functional groups attached to an aromatic ring is 1. The standard InChI is InChI=1S/C22H29N5O/c23-19-9-12-24-20(26-19)17-7-6-8-18(15-17)21(28)25-16-22(10-2-3-11-22)27-13-4-1-5-14-27/h6-9,12,15H,1-5,10-11,13-14,16H2,(H,25,28)(H2,23,24,26). The molecule has 2 aliphatic rings. The molecule has 1 saturated heterocycles. The van der Waals surface area contributed by atoms with E-state index in [1.54, 1.807) is 12.3 Å². The van der Waals surface area contributed by atoms with Gasteiger partial charge >= 0.3 is 0 Å². The van der Waals surface area contributed by atoms with E-state index in [9.17, 15) is 4.79 Å². The Hall–Kier alpha value is -2.47. The topological polar surface area (TPSA) is 84.1 Å². The molecule has 0 unspecified atom stereocenters. The number of nitrogens with one attached hydrogen (secondary N) is 1. The molecule has 28 heavy (non-hydrogen) atoms. The number of nitrogens with zero attached hydrogens (tertiary/aromatic N) is 3. The van der Waals surface area contributed by atoms with E-state index in [4.69, 9.17) is 5.73 Å². The van der Waals surface area contributed by atoms with E-state index in [0.717, 1.165) is 25.2 Å². The van der Waals surface area contributed by atoms with Gasteiger partial charge in [-0.05, 0) is 57.0 Å². The van der Waals surface area contributed by atoms with Crippen LogP contribution in [-0.2, 0) is 0 Å². The fraction of sp³-hybridized carbons (Fsp3) is 0.500. The first-order valence-corrected chi connectivity index (χ1v) is 10.4. The van der Waals surface area contributed by atoms with Gasteiger partial charge in [0.25, 0.3) is 5.91 Å². The first kappa shape index (κ1) is 18.9. The van der Waals surface area contributed by atoms with Gasteiger partial charge in [-0.15, -0.1) is 0 Å². The molecule has 6 nitrogen and oxygen atoms in total. The lowest BCUT2D eigenvalue weighted by Crippen LogP contribution is -2.55. The SMILES string of the molecule is Nc1ccnc(-c2cccc(C(=O)NCC3(N4CCCCC4)CCCC3)c2)n1. The third-order valence-corrected chi connectivity index (χ3v) is 6.20. The van der Waals surface area contributed by atoms with Crippen molar-refractivity contribution >= 4 is 11.7 Å². The van der Waals surface area contributed by atoms with E-state index in [1.165, 1.54) is 44.9 Å². The van der Waals surface area contributed by atoms with Gasteiger partial charge in [0, 0.05) is 29.4 Å². The highest BCUT2D eigenvalue weighted by Crippen LogP contribution is 2.36. The van der Waals surface area contributed by atoms with Crippen LogP contribution in [0.5, 0.6) is 0 Å². The fourth-order valence-electron chi connectivity index (χ4n) is 4.66. The third-order valence-electron chi connectivity index (χ3n) is 6.20. The first-order valence-electron chi connectivity index (χ1n) is 10.4. The summed E-state index contributed by atoms with van der Waals surface area (Å²) in [6.07, 6.45) is 10.4. The minimum Gasteiger partial charge on any atom is -0.384 e. The van der Waals surface area contributed by atoms with Crippen molar-refractivity contribution in [3.05, 3.63) is 42.1 Å². The van der Waals surface area contributed by atoms with E-state index in [1.807, 2.05) is 24.3 Å². The maximum absolute atomic E-state index is 12.9. The van der Waals surface area contributed by atoms with Crippen LogP contribution in [0.1, 0.15) is 55.3 Å². The van der Waals surface area contributed by atoms with Crippen LogP contribution >= 0.6 is 0 Å². The van der Waals surface area contributed by atoms with Crippen LogP contribution in [0.4, 0.5) is 5.82 Å². The van der Waals surface area contributed by atoms with E-state index < -0.39 is 0 Å². The number of carbonyl (C=O) groups is 1. The zero-order valence-electron chi connectivity index (χ0n) is 16.4. The van der Waals surface area contributed by atoms with Crippen LogP contribution in [0.2, 0.25) is 0 Å². The Kier molecular flexibility index (Phi) is 5.57. The molecular formula is C22H29N5O. The number of benzene rings is 1. The molecule has 2 aromatic rings. The Morgan fingerprint density at radius 1 is 1.11 bits per heavy atom. The van der Waals surface area contributed by atoms with E-state index in [0.29, 0.717) is 17.2 Å². The Bertz CT molecular complexity index is 825. The van der Waals surface area contributed by atoms with Gasteiger partial charge < -0.3 is 11.1 Å². The smallest absolute Gasteiger partial charge is 0.251 e. The maximum Gasteiger partial charge on any atom is 0.251 e. The summed E-state index contributed by atoms with van der Waals surface area (Å²) in [6.45, 7) is 3.06.